The summed E-state index contributed by atoms with van der Waals surface area (Å²) < 4.78 is 43.3. The van der Waals surface area contributed by atoms with Gasteiger partial charge in [0.25, 0.3) is 5.56 Å². The van der Waals surface area contributed by atoms with Gasteiger partial charge in [-0.1, -0.05) is 0 Å². The van der Waals surface area contributed by atoms with Crippen molar-refractivity contribution in [1.29, 1.82) is 0 Å². The van der Waals surface area contributed by atoms with Crippen molar-refractivity contribution in [2.24, 2.45) is 0 Å². The number of anilines is 1. The van der Waals surface area contributed by atoms with Crippen molar-refractivity contribution >= 4 is 5.95 Å². The number of alkyl halides is 3. The molecule has 0 unspecified atom stereocenters. The van der Waals surface area contributed by atoms with Gasteiger partial charge in [-0.3, -0.25) is 9.78 Å². The largest absolute Gasteiger partial charge is 0.433 e. The Kier molecular flexibility index (Phi) is 3.53. The van der Waals surface area contributed by atoms with E-state index in [0.29, 0.717) is 19.2 Å². The highest BCUT2D eigenvalue weighted by Crippen LogP contribution is 2.27. The summed E-state index contributed by atoms with van der Waals surface area (Å²) in [7, 11) is 0. The highest BCUT2D eigenvalue weighted by molar-refractivity contribution is 5.32. The van der Waals surface area contributed by atoms with Crippen LogP contribution in [-0.2, 0) is 10.9 Å². The van der Waals surface area contributed by atoms with E-state index in [1.807, 2.05) is 13.8 Å². The predicted molar refractivity (Wildman–Crippen MR) is 62.1 cm³/mol. The Hall–Kier alpha value is -1.57. The van der Waals surface area contributed by atoms with Crippen LogP contribution in [0.1, 0.15) is 19.5 Å². The van der Waals surface area contributed by atoms with Gasteiger partial charge in [-0.2, -0.15) is 13.2 Å². The Morgan fingerprint density at radius 2 is 1.95 bits per heavy atom. The zero-order valence-corrected chi connectivity index (χ0v) is 10.5. The van der Waals surface area contributed by atoms with Crippen molar-refractivity contribution in [1.82, 2.24) is 9.97 Å². The van der Waals surface area contributed by atoms with Gasteiger partial charge in [0.05, 0.1) is 12.2 Å². The minimum Gasteiger partial charge on any atom is -0.372 e. The van der Waals surface area contributed by atoms with Crippen LogP contribution in [0.5, 0.6) is 0 Å². The molecule has 106 valence electrons. The molecule has 1 aromatic heterocycles. The molecule has 1 aliphatic rings. The number of morpholine rings is 1. The molecule has 2 atom stereocenters. The number of aromatic amines is 1. The molecule has 2 heterocycles. The van der Waals surface area contributed by atoms with Crippen LogP contribution in [0.3, 0.4) is 0 Å². The predicted octanol–water partition coefficient (Wildman–Crippen LogP) is 1.40. The third-order valence-corrected chi connectivity index (χ3v) is 2.74. The molecule has 1 aliphatic heterocycles. The third-order valence-electron chi connectivity index (χ3n) is 2.74. The van der Waals surface area contributed by atoms with Crippen LogP contribution in [0, 0.1) is 0 Å². The van der Waals surface area contributed by atoms with E-state index in [-0.39, 0.29) is 18.2 Å². The van der Waals surface area contributed by atoms with Gasteiger partial charge < -0.3 is 9.64 Å². The van der Waals surface area contributed by atoms with Gasteiger partial charge in [0.15, 0.2) is 5.69 Å². The Labute approximate surface area is 107 Å². The molecule has 0 saturated carbocycles. The molecule has 0 aromatic carbocycles. The van der Waals surface area contributed by atoms with Gasteiger partial charge in [-0.15, -0.1) is 0 Å². The first kappa shape index (κ1) is 13.9. The Balaban J connectivity index is 2.34. The van der Waals surface area contributed by atoms with E-state index in [1.54, 1.807) is 4.90 Å². The maximum absolute atomic E-state index is 12.6. The summed E-state index contributed by atoms with van der Waals surface area (Å²) in [6, 6.07) is 0.455. The van der Waals surface area contributed by atoms with E-state index < -0.39 is 17.4 Å². The van der Waals surface area contributed by atoms with Gasteiger partial charge in [0.1, 0.15) is 0 Å². The van der Waals surface area contributed by atoms with E-state index >= 15 is 0 Å². The van der Waals surface area contributed by atoms with E-state index in [4.69, 9.17) is 4.74 Å². The Morgan fingerprint density at radius 1 is 1.37 bits per heavy atom. The molecule has 0 amide bonds. The van der Waals surface area contributed by atoms with Crippen LogP contribution < -0.4 is 10.5 Å². The Bertz CT molecular complexity index is 505. The van der Waals surface area contributed by atoms with Crippen molar-refractivity contribution < 1.29 is 17.9 Å². The summed E-state index contributed by atoms with van der Waals surface area (Å²) >= 11 is 0. The zero-order chi connectivity index (χ0) is 14.2. The monoisotopic (exact) mass is 277 g/mol. The van der Waals surface area contributed by atoms with Crippen molar-refractivity contribution in [3.63, 3.8) is 0 Å². The first-order valence-corrected chi connectivity index (χ1v) is 5.84. The smallest absolute Gasteiger partial charge is 0.372 e. The number of ether oxygens (including phenoxy) is 1. The average Bonchev–Trinajstić information content (AvgIpc) is 2.25. The lowest BCUT2D eigenvalue weighted by Gasteiger charge is -2.35. The first-order chi connectivity index (χ1) is 8.75. The number of nitrogens with one attached hydrogen (secondary N) is 1. The first-order valence-electron chi connectivity index (χ1n) is 5.84. The van der Waals surface area contributed by atoms with Crippen LogP contribution in [0.25, 0.3) is 0 Å². The van der Waals surface area contributed by atoms with Crippen LogP contribution >= 0.6 is 0 Å². The summed E-state index contributed by atoms with van der Waals surface area (Å²) in [6.07, 6.45) is -4.90. The molecular formula is C11H14F3N3O2. The minimum absolute atomic E-state index is 0.0678. The number of aromatic nitrogens is 2. The second-order valence-corrected chi connectivity index (χ2v) is 4.61. The van der Waals surface area contributed by atoms with Crippen LogP contribution in [0.15, 0.2) is 10.9 Å². The molecule has 0 radical (unpaired) electrons. The van der Waals surface area contributed by atoms with Crippen LogP contribution in [0.2, 0.25) is 0 Å². The molecule has 19 heavy (non-hydrogen) atoms. The number of hydrogen-bond donors (Lipinski definition) is 1. The van der Waals surface area contributed by atoms with Gasteiger partial charge in [-0.25, -0.2) is 4.98 Å². The van der Waals surface area contributed by atoms with E-state index in [0.717, 1.165) is 0 Å². The minimum atomic E-state index is -4.63. The maximum atomic E-state index is 12.6. The molecule has 2 rings (SSSR count). The number of halogens is 3. The molecule has 8 heteroatoms. The fourth-order valence-electron chi connectivity index (χ4n) is 2.09. The van der Waals surface area contributed by atoms with Gasteiger partial charge >= 0.3 is 6.18 Å². The molecule has 0 bridgehead atoms. The van der Waals surface area contributed by atoms with Gasteiger partial charge in [0, 0.05) is 19.2 Å². The topological polar surface area (TPSA) is 58.2 Å². The van der Waals surface area contributed by atoms with Crippen LogP contribution in [0.4, 0.5) is 19.1 Å². The normalized spacial score (nSPS) is 24.6. The summed E-state index contributed by atoms with van der Waals surface area (Å²) in [5, 5.41) is 0. The maximum Gasteiger partial charge on any atom is 0.433 e. The molecule has 1 fully saturated rings. The average molecular weight is 277 g/mol. The molecule has 0 aliphatic carbocycles. The highest BCUT2D eigenvalue weighted by atomic mass is 19.4. The van der Waals surface area contributed by atoms with Crippen molar-refractivity contribution in [3.05, 3.63) is 22.1 Å². The molecule has 1 saturated heterocycles. The quantitative estimate of drug-likeness (QED) is 0.843. The fourth-order valence-corrected chi connectivity index (χ4v) is 2.09. The van der Waals surface area contributed by atoms with E-state index in [9.17, 15) is 18.0 Å². The number of nitrogens with zero attached hydrogens (tertiary/aromatic N) is 2. The van der Waals surface area contributed by atoms with Gasteiger partial charge in [-0.05, 0) is 13.8 Å². The molecule has 1 aromatic rings. The fraction of sp³-hybridized carbons (Fsp3) is 0.636. The SMILES string of the molecule is C[C@@H]1CN(c2nc(C(F)(F)F)cc(=O)[nH]2)C[C@H](C)O1. The zero-order valence-electron chi connectivity index (χ0n) is 10.5. The van der Waals surface area contributed by atoms with Crippen molar-refractivity contribution in [2.75, 3.05) is 18.0 Å². The van der Waals surface area contributed by atoms with E-state index in [2.05, 4.69) is 9.97 Å². The molecule has 1 N–H and O–H groups in total. The summed E-state index contributed by atoms with van der Waals surface area (Å²) in [5.41, 5.74) is -2.00. The second kappa shape index (κ2) is 4.84. The lowest BCUT2D eigenvalue weighted by molar-refractivity contribution is -0.141. The molecule has 0 spiro atoms. The number of hydrogen-bond acceptors (Lipinski definition) is 4. The van der Waals surface area contributed by atoms with Crippen molar-refractivity contribution in [2.45, 2.75) is 32.2 Å². The number of H-pyrrole nitrogens is 1. The van der Waals surface area contributed by atoms with E-state index in [1.165, 1.54) is 0 Å². The lowest BCUT2D eigenvalue weighted by Crippen LogP contribution is -2.46. The second-order valence-electron chi connectivity index (χ2n) is 4.61. The summed E-state index contributed by atoms with van der Waals surface area (Å²) in [4.78, 5) is 18.7. The van der Waals surface area contributed by atoms with Crippen LogP contribution in [-0.4, -0.2) is 35.3 Å². The number of rotatable bonds is 1. The third kappa shape index (κ3) is 3.25. The molecular weight excluding hydrogens is 263 g/mol. The van der Waals surface area contributed by atoms with Crippen molar-refractivity contribution in [3.8, 4) is 0 Å². The summed E-state index contributed by atoms with van der Waals surface area (Å²) in [5.74, 6) is -0.0678. The Morgan fingerprint density at radius 3 is 2.47 bits per heavy atom. The lowest BCUT2D eigenvalue weighted by atomic mass is 10.2. The highest BCUT2D eigenvalue weighted by Gasteiger charge is 2.34. The molecule has 5 nitrogen and oxygen atoms in total. The standard InChI is InChI=1S/C11H14F3N3O2/c1-6-4-17(5-7(2)19-6)10-15-8(11(12,13)14)3-9(18)16-10/h3,6-7H,4-5H2,1-2H3,(H,15,16,18)/t6-,7+. The summed E-state index contributed by atoms with van der Waals surface area (Å²) in [6.45, 7) is 4.39. The van der Waals surface area contributed by atoms with Gasteiger partial charge in [0.2, 0.25) is 5.95 Å².